The van der Waals surface area contributed by atoms with Crippen molar-refractivity contribution >= 4 is 26.3 Å². The molecule has 1 aromatic rings. The molecule has 0 unspecified atom stereocenters. The molecule has 14 heavy (non-hydrogen) atoms. The van der Waals surface area contributed by atoms with Crippen molar-refractivity contribution in [2.45, 2.75) is 26.6 Å². The summed E-state index contributed by atoms with van der Waals surface area (Å²) in [4.78, 5) is 0. The monoisotopic (exact) mass is 228 g/mol. The predicted molar refractivity (Wildman–Crippen MR) is 62.9 cm³/mol. The molecule has 0 aromatic heterocycles. The third kappa shape index (κ3) is 2.74. The lowest BCUT2D eigenvalue weighted by Gasteiger charge is -2.11. The van der Waals surface area contributed by atoms with Gasteiger partial charge in [-0.3, -0.25) is 0 Å². The van der Waals surface area contributed by atoms with E-state index in [9.17, 15) is 0 Å². The van der Waals surface area contributed by atoms with Gasteiger partial charge in [0.2, 0.25) is 9.04 Å². The number of rotatable bonds is 3. The molecule has 1 aromatic carbocycles. The normalized spacial score (nSPS) is 10.9. The summed E-state index contributed by atoms with van der Waals surface area (Å²) in [7, 11) is -0.645. The van der Waals surface area contributed by atoms with Crippen LogP contribution in [0.25, 0.3) is 0 Å². The molecule has 1 radical (unpaired) electrons. The Kier molecular flexibility index (Phi) is 3.98. The zero-order valence-corrected chi connectivity index (χ0v) is 10.5. The average molecular weight is 229 g/mol. The molecular formula is C10H15ClNOSi. The molecule has 2 N–H and O–H groups in total. The van der Waals surface area contributed by atoms with E-state index in [1.165, 1.54) is 0 Å². The smallest absolute Gasteiger partial charge is 0.205 e. The molecule has 0 heterocycles. The molecule has 0 atom stereocenters. The van der Waals surface area contributed by atoms with Crippen LogP contribution in [0.15, 0.2) is 12.1 Å². The van der Waals surface area contributed by atoms with E-state index in [0.717, 1.165) is 11.1 Å². The van der Waals surface area contributed by atoms with Crippen LogP contribution >= 0.6 is 11.6 Å². The molecule has 0 aliphatic heterocycles. The fraction of sp³-hybridized carbons (Fsp3) is 0.400. The summed E-state index contributed by atoms with van der Waals surface area (Å²) in [5, 5.41) is 0.616. The molecule has 0 saturated heterocycles. The number of nitrogen functional groups attached to an aromatic ring is 1. The summed E-state index contributed by atoms with van der Waals surface area (Å²) in [6.45, 7) is 6.82. The van der Waals surface area contributed by atoms with Gasteiger partial charge in [0.1, 0.15) is 0 Å². The maximum absolute atomic E-state index is 5.89. The van der Waals surface area contributed by atoms with E-state index in [0.29, 0.717) is 17.3 Å². The summed E-state index contributed by atoms with van der Waals surface area (Å²) >= 11 is 5.89. The van der Waals surface area contributed by atoms with Gasteiger partial charge in [0, 0.05) is 0 Å². The maximum atomic E-state index is 5.89. The Morgan fingerprint density at radius 1 is 1.43 bits per heavy atom. The SMILES string of the molecule is Cc1c(CO[Si](C)C)ccc(Cl)c1N. The van der Waals surface area contributed by atoms with Crippen LogP contribution in [0.5, 0.6) is 0 Å². The van der Waals surface area contributed by atoms with E-state index in [1.807, 2.05) is 19.1 Å². The van der Waals surface area contributed by atoms with Crippen molar-refractivity contribution in [3.8, 4) is 0 Å². The second kappa shape index (κ2) is 4.82. The van der Waals surface area contributed by atoms with Crippen LogP contribution in [0, 0.1) is 6.92 Å². The molecule has 0 spiro atoms. The molecule has 0 aliphatic carbocycles. The summed E-state index contributed by atoms with van der Waals surface area (Å²) in [5.41, 5.74) is 8.62. The van der Waals surface area contributed by atoms with Crippen LogP contribution in [0.4, 0.5) is 5.69 Å². The zero-order valence-electron chi connectivity index (χ0n) is 8.73. The molecule has 1 rings (SSSR count). The van der Waals surface area contributed by atoms with Crippen molar-refractivity contribution in [3.05, 3.63) is 28.3 Å². The van der Waals surface area contributed by atoms with Crippen LogP contribution in [-0.2, 0) is 11.0 Å². The summed E-state index contributed by atoms with van der Waals surface area (Å²) in [5.74, 6) is 0. The second-order valence-electron chi connectivity index (χ2n) is 3.44. The zero-order chi connectivity index (χ0) is 10.7. The van der Waals surface area contributed by atoms with Crippen molar-refractivity contribution in [3.63, 3.8) is 0 Å². The predicted octanol–water partition coefficient (Wildman–Crippen LogP) is 3.00. The highest BCUT2D eigenvalue weighted by molar-refractivity contribution is 6.48. The largest absolute Gasteiger partial charge is 0.413 e. The molecule has 0 amide bonds. The standard InChI is InChI=1S/C10H15ClNOSi/c1-7-8(6-13-14(2)3)4-5-9(11)10(7)12/h4-5H,6,12H2,1-3H3. The lowest BCUT2D eigenvalue weighted by molar-refractivity contribution is 0.314. The third-order valence-electron chi connectivity index (χ3n) is 2.09. The van der Waals surface area contributed by atoms with Gasteiger partial charge in [0.25, 0.3) is 0 Å². The minimum absolute atomic E-state index is 0.616. The summed E-state index contributed by atoms with van der Waals surface area (Å²) < 4.78 is 5.61. The number of anilines is 1. The first kappa shape index (κ1) is 11.6. The molecule has 0 fully saturated rings. The molecule has 0 bridgehead atoms. The molecule has 0 aliphatic rings. The van der Waals surface area contributed by atoms with Gasteiger partial charge >= 0.3 is 0 Å². The van der Waals surface area contributed by atoms with Crippen LogP contribution in [0.3, 0.4) is 0 Å². The molecule has 77 valence electrons. The van der Waals surface area contributed by atoms with Gasteiger partial charge in [-0.1, -0.05) is 17.7 Å². The van der Waals surface area contributed by atoms with Crippen LogP contribution in [0.1, 0.15) is 11.1 Å². The topological polar surface area (TPSA) is 35.2 Å². The van der Waals surface area contributed by atoms with E-state index >= 15 is 0 Å². The van der Waals surface area contributed by atoms with Gasteiger partial charge < -0.3 is 10.2 Å². The first-order chi connectivity index (χ1) is 6.52. The minimum atomic E-state index is -0.645. The average Bonchev–Trinajstić information content (AvgIpc) is 2.13. The lowest BCUT2D eigenvalue weighted by atomic mass is 10.1. The number of nitrogens with two attached hydrogens (primary N) is 1. The van der Waals surface area contributed by atoms with Crippen molar-refractivity contribution in [1.82, 2.24) is 0 Å². The Balaban J connectivity index is 2.83. The fourth-order valence-corrected chi connectivity index (χ4v) is 1.77. The van der Waals surface area contributed by atoms with Gasteiger partial charge in [0.15, 0.2) is 0 Å². The molecule has 2 nitrogen and oxygen atoms in total. The van der Waals surface area contributed by atoms with Crippen molar-refractivity contribution in [2.75, 3.05) is 5.73 Å². The Morgan fingerprint density at radius 3 is 2.64 bits per heavy atom. The van der Waals surface area contributed by atoms with Crippen molar-refractivity contribution in [1.29, 1.82) is 0 Å². The van der Waals surface area contributed by atoms with Gasteiger partial charge in [-0.2, -0.15) is 0 Å². The Hall–Kier alpha value is -0.513. The van der Waals surface area contributed by atoms with Crippen molar-refractivity contribution < 1.29 is 4.43 Å². The Bertz CT molecular complexity index is 328. The van der Waals surface area contributed by atoms with Gasteiger partial charge in [-0.05, 0) is 37.2 Å². The number of halogens is 1. The fourth-order valence-electron chi connectivity index (χ4n) is 1.12. The second-order valence-corrected chi connectivity index (χ2v) is 5.95. The molecule has 0 saturated carbocycles. The lowest BCUT2D eigenvalue weighted by Crippen LogP contribution is -2.08. The van der Waals surface area contributed by atoms with Crippen LogP contribution in [-0.4, -0.2) is 9.04 Å². The highest BCUT2D eigenvalue weighted by atomic mass is 35.5. The first-order valence-corrected chi connectivity index (χ1v) is 7.27. The van der Waals surface area contributed by atoms with Crippen LogP contribution < -0.4 is 5.73 Å². The minimum Gasteiger partial charge on any atom is -0.413 e. The maximum Gasteiger partial charge on any atom is 0.205 e. The quantitative estimate of drug-likeness (QED) is 0.638. The highest BCUT2D eigenvalue weighted by Crippen LogP contribution is 2.25. The third-order valence-corrected chi connectivity index (χ3v) is 3.14. The molecule has 4 heteroatoms. The number of hydrogen-bond donors (Lipinski definition) is 1. The van der Waals surface area contributed by atoms with Gasteiger partial charge in [-0.15, -0.1) is 0 Å². The van der Waals surface area contributed by atoms with E-state index in [-0.39, 0.29) is 0 Å². The van der Waals surface area contributed by atoms with E-state index in [4.69, 9.17) is 21.8 Å². The summed E-state index contributed by atoms with van der Waals surface area (Å²) in [6.07, 6.45) is 0. The number of hydrogen-bond acceptors (Lipinski definition) is 2. The number of benzene rings is 1. The van der Waals surface area contributed by atoms with E-state index in [2.05, 4.69) is 13.1 Å². The van der Waals surface area contributed by atoms with Crippen LogP contribution in [0.2, 0.25) is 18.1 Å². The first-order valence-electron chi connectivity index (χ1n) is 4.48. The van der Waals surface area contributed by atoms with E-state index < -0.39 is 9.04 Å². The van der Waals surface area contributed by atoms with E-state index in [1.54, 1.807) is 0 Å². The molecular weight excluding hydrogens is 214 g/mol. The Labute approximate surface area is 91.7 Å². The van der Waals surface area contributed by atoms with Crippen molar-refractivity contribution in [2.24, 2.45) is 0 Å². The van der Waals surface area contributed by atoms with Gasteiger partial charge in [-0.25, -0.2) is 0 Å². The Morgan fingerprint density at radius 2 is 2.07 bits per heavy atom. The van der Waals surface area contributed by atoms with Gasteiger partial charge in [0.05, 0.1) is 17.3 Å². The highest BCUT2D eigenvalue weighted by Gasteiger charge is 2.06. The summed E-state index contributed by atoms with van der Waals surface area (Å²) in [6, 6.07) is 3.79.